The van der Waals surface area contributed by atoms with E-state index < -0.39 is 0 Å². The second-order valence-corrected chi connectivity index (χ2v) is 11.5. The summed E-state index contributed by atoms with van der Waals surface area (Å²) >= 11 is 3.71. The van der Waals surface area contributed by atoms with E-state index in [1.165, 1.54) is 16.7 Å². The van der Waals surface area contributed by atoms with E-state index >= 15 is 0 Å². The van der Waals surface area contributed by atoms with Crippen LogP contribution in [0.25, 0.3) is 0 Å². The summed E-state index contributed by atoms with van der Waals surface area (Å²) in [6.07, 6.45) is 4.77. The van der Waals surface area contributed by atoms with Crippen LogP contribution in [0.4, 0.5) is 5.69 Å². The largest absolute Gasteiger partial charge is 0.375 e. The number of halogens is 1. The van der Waals surface area contributed by atoms with E-state index in [0.717, 1.165) is 29.4 Å². The van der Waals surface area contributed by atoms with Gasteiger partial charge in [-0.05, 0) is 70.9 Å². The number of thioether (sulfide) groups is 1. The normalized spacial score (nSPS) is 17.2. The molecule has 0 radical (unpaired) electrons. The molecule has 0 aromatic heterocycles. The summed E-state index contributed by atoms with van der Waals surface area (Å²) in [5.74, 6) is -0.302. The molecule has 1 heterocycles. The Morgan fingerprint density at radius 1 is 1.19 bits per heavy atom. The van der Waals surface area contributed by atoms with E-state index in [4.69, 9.17) is 4.74 Å². The first-order chi connectivity index (χ1) is 15.0. The average Bonchev–Trinajstić information content (AvgIpc) is 3.03. The molecular weight excluding hydrogens is 539 g/mol. The van der Waals surface area contributed by atoms with Gasteiger partial charge in [0.05, 0.1) is 23.1 Å². The summed E-state index contributed by atoms with van der Waals surface area (Å²) in [4.78, 5) is 38.3. The number of carbonyl (C=O) groups excluding carboxylic acids is 3. The lowest BCUT2D eigenvalue weighted by atomic mass is 9.91. The van der Waals surface area contributed by atoms with Gasteiger partial charge in [0.2, 0.25) is 17.7 Å². The number of ether oxygens (including phenoxy) is 1. The molecule has 0 bridgehead atoms. The molecule has 1 aromatic carbocycles. The molecule has 6 nitrogen and oxygen atoms in total. The minimum absolute atomic E-state index is 0.0118. The lowest BCUT2D eigenvalue weighted by Crippen LogP contribution is -2.44. The summed E-state index contributed by atoms with van der Waals surface area (Å²) in [6.45, 7) is 8.99. The van der Waals surface area contributed by atoms with Crippen LogP contribution in [-0.4, -0.2) is 51.4 Å². The molecule has 3 amide bonds. The fourth-order valence-electron chi connectivity index (χ4n) is 3.63. The molecule has 1 fully saturated rings. The van der Waals surface area contributed by atoms with Gasteiger partial charge in [-0.25, -0.2) is 4.90 Å². The number of benzene rings is 1. The van der Waals surface area contributed by atoms with E-state index in [0.29, 0.717) is 18.5 Å². The molecule has 0 saturated carbocycles. The second kappa shape index (κ2) is 11.8. The van der Waals surface area contributed by atoms with Crippen LogP contribution in [0.15, 0.2) is 24.3 Å². The Labute approximate surface area is 209 Å². The number of amides is 3. The molecule has 1 aromatic rings. The predicted octanol–water partition coefficient (Wildman–Crippen LogP) is 4.52. The van der Waals surface area contributed by atoms with Crippen molar-refractivity contribution in [2.75, 3.05) is 22.2 Å². The minimum atomic E-state index is -0.309. The zero-order valence-corrected chi connectivity index (χ0v) is 22.7. The van der Waals surface area contributed by atoms with Gasteiger partial charge in [0.25, 0.3) is 0 Å². The lowest BCUT2D eigenvalue weighted by molar-refractivity contribution is -0.123. The van der Waals surface area contributed by atoms with Crippen molar-refractivity contribution in [1.29, 1.82) is 0 Å². The van der Waals surface area contributed by atoms with Gasteiger partial charge >= 0.3 is 0 Å². The lowest BCUT2D eigenvalue weighted by Gasteiger charge is -2.32. The summed E-state index contributed by atoms with van der Waals surface area (Å²) < 4.78 is 6.85. The second-order valence-electron chi connectivity index (χ2n) is 9.39. The smallest absolute Gasteiger partial charge is 0.247 e. The monoisotopic (exact) mass is 574 g/mol. The van der Waals surface area contributed by atoms with Crippen molar-refractivity contribution in [2.45, 2.75) is 76.2 Å². The summed E-state index contributed by atoms with van der Waals surface area (Å²) in [6, 6.07) is 7.34. The van der Waals surface area contributed by atoms with E-state index in [1.54, 1.807) is 12.1 Å². The Hall–Kier alpha value is -1.13. The van der Waals surface area contributed by atoms with E-state index in [1.807, 2.05) is 32.2 Å². The van der Waals surface area contributed by atoms with Crippen LogP contribution in [0, 0.1) is 0 Å². The van der Waals surface area contributed by atoms with Crippen LogP contribution in [0.5, 0.6) is 0 Å². The van der Waals surface area contributed by atoms with Crippen molar-refractivity contribution in [3.63, 3.8) is 0 Å². The molecular formula is C24H35IN2O4S. The van der Waals surface area contributed by atoms with Crippen LogP contribution in [-0.2, 0) is 25.5 Å². The molecule has 178 valence electrons. The van der Waals surface area contributed by atoms with Crippen molar-refractivity contribution >= 4 is 57.8 Å². The van der Waals surface area contributed by atoms with Crippen LogP contribution in [0.2, 0.25) is 0 Å². The minimum Gasteiger partial charge on any atom is -0.375 e. The van der Waals surface area contributed by atoms with Crippen LogP contribution in [0.3, 0.4) is 0 Å². The number of nitrogens with one attached hydrogen (secondary N) is 1. The van der Waals surface area contributed by atoms with E-state index in [9.17, 15) is 14.4 Å². The predicted molar refractivity (Wildman–Crippen MR) is 140 cm³/mol. The number of anilines is 1. The number of alkyl halides is 1. The van der Waals surface area contributed by atoms with Gasteiger partial charge in [-0.3, -0.25) is 14.4 Å². The molecule has 0 spiro atoms. The summed E-state index contributed by atoms with van der Waals surface area (Å²) in [5, 5.41) is 2.84. The van der Waals surface area contributed by atoms with E-state index in [2.05, 4.69) is 41.8 Å². The zero-order chi connectivity index (χ0) is 23.9. The maximum absolute atomic E-state index is 12.5. The molecule has 0 aliphatic carbocycles. The molecule has 8 heteroatoms. The maximum Gasteiger partial charge on any atom is 0.247 e. The van der Waals surface area contributed by atoms with Crippen LogP contribution in [0.1, 0.15) is 58.9 Å². The van der Waals surface area contributed by atoms with Gasteiger partial charge in [-0.1, -0.05) is 34.7 Å². The fourth-order valence-corrected chi connectivity index (χ4v) is 4.47. The van der Waals surface area contributed by atoms with Crippen molar-refractivity contribution in [1.82, 2.24) is 5.32 Å². The first-order valence-corrected chi connectivity index (χ1v) is 13.8. The number of aryl methyl sites for hydroxylation is 1. The van der Waals surface area contributed by atoms with Gasteiger partial charge in [-0.15, -0.1) is 0 Å². The highest BCUT2D eigenvalue weighted by Gasteiger charge is 2.38. The molecule has 32 heavy (non-hydrogen) atoms. The topological polar surface area (TPSA) is 75.7 Å². The number of rotatable bonds is 12. The Kier molecular flexibility index (Phi) is 10.0. The SMILES string of the molecule is CSC1CC(=O)N(c2ccc(CCC(=O)NC(C)(C)CCC(C)(C)OCCI)cc2)C1=O. The van der Waals surface area contributed by atoms with Crippen molar-refractivity contribution in [3.8, 4) is 0 Å². The summed E-state index contributed by atoms with van der Waals surface area (Å²) in [7, 11) is 0. The van der Waals surface area contributed by atoms with E-state index in [-0.39, 0.29) is 40.5 Å². The third-order valence-electron chi connectivity index (χ3n) is 5.62. The quantitative estimate of drug-likeness (QED) is 0.226. The van der Waals surface area contributed by atoms with Gasteiger partial charge in [0.1, 0.15) is 0 Å². The molecule has 1 N–H and O–H groups in total. The Bertz CT molecular complexity index is 811. The number of imide groups is 1. The highest BCUT2D eigenvalue weighted by Crippen LogP contribution is 2.28. The van der Waals surface area contributed by atoms with Crippen molar-refractivity contribution in [2.24, 2.45) is 0 Å². The number of carbonyl (C=O) groups is 3. The average molecular weight is 575 g/mol. The number of hydrogen-bond donors (Lipinski definition) is 1. The molecule has 1 unspecified atom stereocenters. The van der Waals surface area contributed by atoms with Gasteiger partial charge < -0.3 is 10.1 Å². The van der Waals surface area contributed by atoms with Gasteiger partial charge in [-0.2, -0.15) is 11.8 Å². The number of hydrogen-bond acceptors (Lipinski definition) is 5. The standard InChI is InChI=1S/C24H35IN2O4S/c1-23(2,12-13-24(3,4)31-15-14-25)26-20(28)11-8-17-6-9-18(10-7-17)27-21(29)16-19(32-5)22(27)30/h6-7,9-10,19H,8,11-16H2,1-5H3,(H,26,28). The molecule has 1 aliphatic heterocycles. The third kappa shape index (κ3) is 8.02. The Balaban J connectivity index is 1.84. The Morgan fingerprint density at radius 3 is 2.41 bits per heavy atom. The van der Waals surface area contributed by atoms with Crippen molar-refractivity contribution < 1.29 is 19.1 Å². The first-order valence-electron chi connectivity index (χ1n) is 11.0. The third-order valence-corrected chi connectivity index (χ3v) is 7.00. The zero-order valence-electron chi connectivity index (χ0n) is 19.7. The van der Waals surface area contributed by atoms with Crippen LogP contribution < -0.4 is 10.2 Å². The Morgan fingerprint density at radius 2 is 1.84 bits per heavy atom. The highest BCUT2D eigenvalue weighted by atomic mass is 127. The number of nitrogens with zero attached hydrogens (tertiary/aromatic N) is 1. The fraction of sp³-hybridized carbons (Fsp3) is 0.625. The van der Waals surface area contributed by atoms with Crippen molar-refractivity contribution in [3.05, 3.63) is 29.8 Å². The van der Waals surface area contributed by atoms with Crippen LogP contribution >= 0.6 is 34.4 Å². The molecule has 1 aliphatic rings. The maximum atomic E-state index is 12.5. The molecule has 1 atom stereocenters. The highest BCUT2D eigenvalue weighted by molar-refractivity contribution is 14.1. The summed E-state index contributed by atoms with van der Waals surface area (Å²) in [5.41, 5.74) is 1.08. The first kappa shape index (κ1) is 27.1. The van der Waals surface area contributed by atoms with Gasteiger partial charge in [0, 0.05) is 22.8 Å². The molecule has 1 saturated heterocycles. The molecule has 2 rings (SSSR count). The van der Waals surface area contributed by atoms with Gasteiger partial charge in [0.15, 0.2) is 0 Å².